The Kier molecular flexibility index (Phi) is 6.26. The number of hydrogen-bond donors (Lipinski definition) is 1. The van der Waals surface area contributed by atoms with E-state index in [0.717, 1.165) is 16.7 Å². The Morgan fingerprint density at radius 1 is 0.765 bits per heavy atom. The minimum absolute atomic E-state index is 0.0348. The molecule has 3 nitrogen and oxygen atoms in total. The molecule has 1 atom stereocenters. The number of ether oxygens (including phenoxy) is 1. The van der Waals surface area contributed by atoms with Crippen LogP contribution in [0.4, 0.5) is 4.79 Å². The van der Waals surface area contributed by atoms with Crippen molar-refractivity contribution >= 4 is 11.7 Å². The summed E-state index contributed by atoms with van der Waals surface area (Å²) in [5, 5.41) is 3.08. The van der Waals surface area contributed by atoms with Gasteiger partial charge in [0.2, 0.25) is 0 Å². The van der Waals surface area contributed by atoms with E-state index in [2.05, 4.69) is 48.3 Å². The van der Waals surface area contributed by atoms with E-state index >= 15 is 0 Å². The largest absolute Gasteiger partial charge is 0.449 e. The number of benzene rings is 4. The standard InChI is InChI=1S/C31H27NO2/c1-22(23-12-4-2-5-13-23)20-30(24-14-6-3-7-15-24)32-31(33)34-21-29-27-18-10-8-16-25(27)26-17-9-11-19-28(26)29/h2-19,29-30H,1,20-21H2,(H,32,33)/t30-/m1/s1. The molecule has 0 saturated heterocycles. The molecule has 0 saturated carbocycles. The van der Waals surface area contributed by atoms with Crippen LogP contribution in [0.3, 0.4) is 0 Å². The Balaban J connectivity index is 1.30. The zero-order valence-corrected chi connectivity index (χ0v) is 19.0. The van der Waals surface area contributed by atoms with Crippen molar-refractivity contribution < 1.29 is 9.53 Å². The van der Waals surface area contributed by atoms with Crippen molar-refractivity contribution in [3.63, 3.8) is 0 Å². The van der Waals surface area contributed by atoms with Crippen molar-refractivity contribution in [1.29, 1.82) is 0 Å². The molecule has 4 aromatic rings. The molecule has 3 heteroatoms. The molecular formula is C31H27NO2. The first kappa shape index (κ1) is 21.7. The summed E-state index contributed by atoms with van der Waals surface area (Å²) in [5.41, 5.74) is 7.89. The summed E-state index contributed by atoms with van der Waals surface area (Å²) in [6, 6.07) is 36.5. The predicted molar refractivity (Wildman–Crippen MR) is 137 cm³/mol. The first-order valence-electron chi connectivity index (χ1n) is 11.6. The monoisotopic (exact) mass is 445 g/mol. The Labute approximate surface area is 200 Å². The summed E-state index contributed by atoms with van der Waals surface area (Å²) in [6.45, 7) is 4.56. The smallest absolute Gasteiger partial charge is 0.407 e. The fourth-order valence-corrected chi connectivity index (χ4v) is 4.76. The van der Waals surface area contributed by atoms with Crippen LogP contribution in [0.2, 0.25) is 0 Å². The number of alkyl carbamates (subject to hydrolysis) is 1. The van der Waals surface area contributed by atoms with E-state index in [1.165, 1.54) is 22.3 Å². The highest BCUT2D eigenvalue weighted by molar-refractivity contribution is 5.79. The van der Waals surface area contributed by atoms with Crippen LogP contribution in [0.25, 0.3) is 16.7 Å². The van der Waals surface area contributed by atoms with E-state index in [1.54, 1.807) is 0 Å². The van der Waals surface area contributed by atoms with Gasteiger partial charge in [-0.2, -0.15) is 0 Å². The topological polar surface area (TPSA) is 38.3 Å². The summed E-state index contributed by atoms with van der Waals surface area (Å²) < 4.78 is 5.80. The second-order valence-corrected chi connectivity index (χ2v) is 8.61. The number of hydrogen-bond acceptors (Lipinski definition) is 2. The van der Waals surface area contributed by atoms with Gasteiger partial charge in [-0.3, -0.25) is 0 Å². The molecular weight excluding hydrogens is 418 g/mol. The highest BCUT2D eigenvalue weighted by atomic mass is 16.5. The maximum Gasteiger partial charge on any atom is 0.407 e. The molecule has 1 aliphatic rings. The third-order valence-corrected chi connectivity index (χ3v) is 6.47. The Morgan fingerprint density at radius 2 is 1.29 bits per heavy atom. The van der Waals surface area contributed by atoms with E-state index in [9.17, 15) is 4.79 Å². The summed E-state index contributed by atoms with van der Waals surface area (Å²) in [6.07, 6.45) is 0.176. The highest BCUT2D eigenvalue weighted by Gasteiger charge is 2.29. The Hall–Kier alpha value is -4.11. The highest BCUT2D eigenvalue weighted by Crippen LogP contribution is 2.44. The Bertz CT molecular complexity index is 1250. The van der Waals surface area contributed by atoms with E-state index in [-0.39, 0.29) is 12.0 Å². The SMILES string of the molecule is C=C(C[C@@H](NC(=O)OCC1c2ccccc2-c2ccccc21)c1ccccc1)c1ccccc1. The second-order valence-electron chi connectivity index (χ2n) is 8.61. The van der Waals surface area contributed by atoms with Gasteiger partial charge in [0.25, 0.3) is 0 Å². The summed E-state index contributed by atoms with van der Waals surface area (Å²) in [4.78, 5) is 13.0. The van der Waals surface area contributed by atoms with Gasteiger partial charge in [0.05, 0.1) is 6.04 Å². The maximum atomic E-state index is 13.0. The normalized spacial score (nSPS) is 12.9. The van der Waals surface area contributed by atoms with Crippen LogP contribution in [-0.4, -0.2) is 12.7 Å². The molecule has 5 rings (SSSR count). The van der Waals surface area contributed by atoms with Gasteiger partial charge in [0, 0.05) is 5.92 Å². The second kappa shape index (κ2) is 9.80. The predicted octanol–water partition coefficient (Wildman–Crippen LogP) is 7.37. The van der Waals surface area contributed by atoms with Gasteiger partial charge in [-0.1, -0.05) is 116 Å². The van der Waals surface area contributed by atoms with E-state index in [1.807, 2.05) is 72.8 Å². The third-order valence-electron chi connectivity index (χ3n) is 6.47. The van der Waals surface area contributed by atoms with Crippen molar-refractivity contribution in [1.82, 2.24) is 5.32 Å². The first-order valence-corrected chi connectivity index (χ1v) is 11.6. The minimum Gasteiger partial charge on any atom is -0.449 e. The van der Waals surface area contributed by atoms with Crippen molar-refractivity contribution in [2.24, 2.45) is 0 Å². The van der Waals surface area contributed by atoms with Gasteiger partial charge in [-0.05, 0) is 45.4 Å². The molecule has 0 spiro atoms. The van der Waals surface area contributed by atoms with Crippen molar-refractivity contribution in [3.05, 3.63) is 138 Å². The molecule has 0 unspecified atom stereocenters. The average molecular weight is 446 g/mol. The fraction of sp³-hybridized carbons (Fsp3) is 0.129. The number of nitrogens with one attached hydrogen (secondary N) is 1. The lowest BCUT2D eigenvalue weighted by Crippen LogP contribution is -2.30. The number of fused-ring (bicyclic) bond motifs is 3. The molecule has 0 aliphatic heterocycles. The van der Waals surface area contributed by atoms with E-state index < -0.39 is 6.09 Å². The summed E-state index contributed by atoms with van der Waals surface area (Å²) in [7, 11) is 0. The van der Waals surface area contributed by atoms with Gasteiger partial charge >= 0.3 is 6.09 Å². The third kappa shape index (κ3) is 4.51. The van der Waals surface area contributed by atoms with Gasteiger partial charge in [-0.15, -0.1) is 0 Å². The zero-order chi connectivity index (χ0) is 23.3. The van der Waals surface area contributed by atoms with Gasteiger partial charge in [0.15, 0.2) is 0 Å². The molecule has 1 N–H and O–H groups in total. The van der Waals surface area contributed by atoms with E-state index in [4.69, 9.17) is 4.74 Å². The molecule has 34 heavy (non-hydrogen) atoms. The van der Waals surface area contributed by atoms with Crippen LogP contribution < -0.4 is 5.32 Å². The first-order chi connectivity index (χ1) is 16.7. The van der Waals surface area contributed by atoms with Crippen molar-refractivity contribution in [3.8, 4) is 11.1 Å². The molecule has 0 heterocycles. The lowest BCUT2D eigenvalue weighted by molar-refractivity contribution is 0.139. The van der Waals surface area contributed by atoms with Crippen LogP contribution in [0.15, 0.2) is 116 Å². The summed E-state index contributed by atoms with van der Waals surface area (Å²) in [5.74, 6) is 0.0348. The van der Waals surface area contributed by atoms with Gasteiger partial charge in [-0.25, -0.2) is 4.79 Å². The van der Waals surface area contributed by atoms with Crippen LogP contribution >= 0.6 is 0 Å². The molecule has 4 aromatic carbocycles. The molecule has 0 bridgehead atoms. The number of amides is 1. The number of rotatable bonds is 7. The minimum atomic E-state index is -0.420. The van der Waals surface area contributed by atoms with Crippen LogP contribution in [0, 0.1) is 0 Å². The number of carbonyl (C=O) groups excluding carboxylic acids is 1. The van der Waals surface area contributed by atoms with E-state index in [0.29, 0.717) is 13.0 Å². The number of carbonyl (C=O) groups is 1. The van der Waals surface area contributed by atoms with Gasteiger partial charge in [0.1, 0.15) is 6.61 Å². The van der Waals surface area contributed by atoms with Crippen LogP contribution in [0.1, 0.15) is 40.6 Å². The fourth-order valence-electron chi connectivity index (χ4n) is 4.76. The van der Waals surface area contributed by atoms with Crippen molar-refractivity contribution in [2.45, 2.75) is 18.4 Å². The van der Waals surface area contributed by atoms with Crippen LogP contribution in [-0.2, 0) is 4.74 Å². The lowest BCUT2D eigenvalue weighted by Gasteiger charge is -2.21. The average Bonchev–Trinajstić information content (AvgIpc) is 3.22. The molecule has 168 valence electrons. The van der Waals surface area contributed by atoms with Gasteiger partial charge < -0.3 is 10.1 Å². The lowest BCUT2D eigenvalue weighted by atomic mass is 9.95. The zero-order valence-electron chi connectivity index (χ0n) is 19.0. The Morgan fingerprint density at radius 3 is 1.91 bits per heavy atom. The summed E-state index contributed by atoms with van der Waals surface area (Å²) >= 11 is 0. The molecule has 1 amide bonds. The molecule has 1 aliphatic carbocycles. The molecule has 0 radical (unpaired) electrons. The maximum absolute atomic E-state index is 13.0. The van der Waals surface area contributed by atoms with Crippen LogP contribution in [0.5, 0.6) is 0 Å². The quantitative estimate of drug-likeness (QED) is 0.322. The molecule has 0 aromatic heterocycles. The van der Waals surface area contributed by atoms with Crippen molar-refractivity contribution in [2.75, 3.05) is 6.61 Å². The molecule has 0 fully saturated rings.